The number of para-hydroxylation sites is 3. The Morgan fingerprint density at radius 1 is 0.415 bits per heavy atom. The summed E-state index contributed by atoms with van der Waals surface area (Å²) in [6.45, 7) is 6.73. The van der Waals surface area contributed by atoms with E-state index in [4.69, 9.17) is 9.72 Å². The number of rotatable bonds is 5. The zero-order chi connectivity index (χ0) is 54.4. The summed E-state index contributed by atoms with van der Waals surface area (Å²) in [7, 11) is 0. The topological polar surface area (TPSA) is 35.9 Å². The highest BCUT2D eigenvalue weighted by molar-refractivity contribution is 6.10. The van der Waals surface area contributed by atoms with Crippen LogP contribution < -0.4 is 9.30 Å². The fourth-order valence-electron chi connectivity index (χ4n) is 14.2. The number of aromatic nitrogens is 4. The largest absolute Gasteiger partial charge is 0.458 e. The molecule has 0 bridgehead atoms. The van der Waals surface area contributed by atoms with Gasteiger partial charge < -0.3 is 4.74 Å². The zero-order valence-electron chi connectivity index (χ0n) is 45.5. The van der Waals surface area contributed by atoms with Crippen molar-refractivity contribution in [3.05, 3.63) is 295 Å². The predicted molar refractivity (Wildman–Crippen MR) is 333 cm³/mol. The Labute approximate surface area is 475 Å². The molecule has 1 aliphatic heterocycles. The van der Waals surface area contributed by atoms with Crippen molar-refractivity contribution in [3.63, 3.8) is 0 Å². The predicted octanol–water partition coefficient (Wildman–Crippen LogP) is 18.6. The molecule has 0 unspecified atom stereocenters. The van der Waals surface area contributed by atoms with Crippen molar-refractivity contribution >= 4 is 32.8 Å². The van der Waals surface area contributed by atoms with Gasteiger partial charge in [-0.1, -0.05) is 215 Å². The molecule has 0 amide bonds. The lowest BCUT2D eigenvalue weighted by Crippen LogP contribution is -2.32. The second-order valence-corrected chi connectivity index (χ2v) is 23.2. The molecule has 0 saturated heterocycles. The molecule has 5 heteroatoms. The van der Waals surface area contributed by atoms with E-state index in [-0.39, 0.29) is 5.41 Å². The molecule has 0 fully saturated rings. The van der Waals surface area contributed by atoms with Crippen LogP contribution in [0.2, 0.25) is 0 Å². The Morgan fingerprint density at radius 3 is 1.67 bits per heavy atom. The SMILES string of the molecule is CC(C)(C)c1ccnc(-n2c3ccccc3c3ccc(Oc4cccc(-n5[c-][n+]6c7c(cccc75)-c5ccccc5-c5ccccc5-c5cccc(-c7ccc8c(c7)-c7ccccc7C87c8ccccc8-c8ccccc87)c5-6)c4)cc32)c1. The van der Waals surface area contributed by atoms with E-state index in [2.05, 4.69) is 290 Å². The normalized spacial score (nSPS) is 13.2. The van der Waals surface area contributed by atoms with Gasteiger partial charge in [0.05, 0.1) is 38.9 Å². The first-order valence-corrected chi connectivity index (χ1v) is 28.4. The van der Waals surface area contributed by atoms with E-state index in [1.54, 1.807) is 0 Å². The highest BCUT2D eigenvalue weighted by Gasteiger charge is 2.51. The standard InChI is InChI=1S/C77H52N4O/c1-76(2,3)49-41-42-78-73(44-49)81-70-35-15-11-28-61(70)62-39-38-52(46-72(62)81)82-51-20-16-19-50(45-51)79-47-80-74-53(29-17-30-63(74)56-23-6-4-21-54(56)55-22-5-7-24-57(55)64-31-18-36-71(79)75(64)80)48-37-40-69-65(43-48)60-27-10-14-34-68(60)77(69)66-32-12-8-25-58(66)59-26-9-13-33-67(59)77/h4-46H,1-3H3. The van der Waals surface area contributed by atoms with Gasteiger partial charge in [-0.3, -0.25) is 13.7 Å². The van der Waals surface area contributed by atoms with Gasteiger partial charge in [0.1, 0.15) is 17.3 Å². The molecule has 0 saturated carbocycles. The third-order valence-corrected chi connectivity index (χ3v) is 17.8. The van der Waals surface area contributed by atoms with E-state index in [1.165, 1.54) is 66.6 Å². The summed E-state index contributed by atoms with van der Waals surface area (Å²) in [5.41, 5.74) is 26.6. The molecule has 11 aromatic carbocycles. The van der Waals surface area contributed by atoms with Crippen LogP contribution in [-0.2, 0) is 10.8 Å². The minimum atomic E-state index is -0.433. The fraction of sp³-hybridized carbons (Fsp3) is 0.0649. The first-order valence-electron chi connectivity index (χ1n) is 28.4. The smallest absolute Gasteiger partial charge is 0.269 e. The summed E-state index contributed by atoms with van der Waals surface area (Å²) in [5, 5.41) is 2.31. The van der Waals surface area contributed by atoms with Gasteiger partial charge in [-0.2, -0.15) is 0 Å². The van der Waals surface area contributed by atoms with E-state index in [1.807, 2.05) is 12.3 Å². The average molecular weight is 1050 g/mol. The summed E-state index contributed by atoms with van der Waals surface area (Å²) in [6.07, 6.45) is 5.97. The lowest BCUT2D eigenvalue weighted by atomic mass is 9.70. The number of benzene rings is 11. The second-order valence-electron chi connectivity index (χ2n) is 23.2. The second kappa shape index (κ2) is 17.3. The number of hydrogen-bond donors (Lipinski definition) is 0. The Kier molecular flexibility index (Phi) is 9.83. The van der Waals surface area contributed by atoms with E-state index >= 15 is 0 Å². The van der Waals surface area contributed by atoms with Crippen LogP contribution in [0.1, 0.15) is 48.6 Å². The quantitative estimate of drug-likeness (QED) is 0.127. The molecule has 386 valence electrons. The lowest BCUT2D eigenvalue weighted by molar-refractivity contribution is -0.570. The zero-order valence-corrected chi connectivity index (χ0v) is 45.5. The van der Waals surface area contributed by atoms with Crippen molar-refractivity contribution in [1.29, 1.82) is 0 Å². The Bertz CT molecular complexity index is 4980. The summed E-state index contributed by atoms with van der Waals surface area (Å²) >= 11 is 0. The lowest BCUT2D eigenvalue weighted by Gasteiger charge is -2.30. The molecule has 3 aromatic heterocycles. The van der Waals surface area contributed by atoms with Crippen LogP contribution in [0.15, 0.2) is 261 Å². The van der Waals surface area contributed by atoms with Gasteiger partial charge in [-0.25, -0.2) is 4.98 Å². The molecule has 0 atom stereocenters. The fourth-order valence-corrected chi connectivity index (χ4v) is 14.2. The first kappa shape index (κ1) is 46.5. The van der Waals surface area contributed by atoms with E-state index < -0.39 is 5.41 Å². The monoisotopic (exact) mass is 1050 g/mol. The molecule has 5 nitrogen and oxygen atoms in total. The van der Waals surface area contributed by atoms with Crippen LogP contribution in [0, 0.1) is 6.33 Å². The number of ether oxygens (including phenoxy) is 1. The van der Waals surface area contributed by atoms with Crippen LogP contribution in [0.5, 0.6) is 11.5 Å². The third-order valence-electron chi connectivity index (χ3n) is 17.8. The maximum Gasteiger partial charge on any atom is 0.269 e. The summed E-state index contributed by atoms with van der Waals surface area (Å²) in [5.74, 6) is 2.34. The van der Waals surface area contributed by atoms with Crippen LogP contribution in [0.3, 0.4) is 0 Å². The molecule has 4 heterocycles. The third kappa shape index (κ3) is 6.56. The van der Waals surface area contributed by atoms with E-state index in [9.17, 15) is 0 Å². The number of hydrogen-bond acceptors (Lipinski definition) is 2. The Hall–Kier alpha value is -10.4. The maximum atomic E-state index is 6.94. The van der Waals surface area contributed by atoms with E-state index in [0.717, 1.165) is 89.5 Å². The first-order chi connectivity index (χ1) is 40.3. The van der Waals surface area contributed by atoms with Crippen molar-refractivity contribution in [3.8, 4) is 95.5 Å². The van der Waals surface area contributed by atoms with Gasteiger partial charge >= 0.3 is 0 Å². The molecular weight excluding hydrogens is 997 g/mol. The number of fused-ring (bicyclic) bond motifs is 20. The van der Waals surface area contributed by atoms with Gasteiger partial charge in [0.2, 0.25) is 0 Å². The molecule has 3 aliphatic rings. The van der Waals surface area contributed by atoms with Crippen LogP contribution in [0.4, 0.5) is 0 Å². The molecule has 0 N–H and O–H groups in total. The van der Waals surface area contributed by atoms with Crippen molar-refractivity contribution in [2.45, 2.75) is 31.6 Å². The molecule has 14 aromatic rings. The van der Waals surface area contributed by atoms with Crippen LogP contribution in [0.25, 0.3) is 117 Å². The van der Waals surface area contributed by atoms with Crippen molar-refractivity contribution < 1.29 is 9.30 Å². The van der Waals surface area contributed by atoms with Gasteiger partial charge in [0.15, 0.2) is 0 Å². The summed E-state index contributed by atoms with van der Waals surface area (Å²) in [4.78, 5) is 4.94. The van der Waals surface area contributed by atoms with Crippen molar-refractivity contribution in [2.24, 2.45) is 0 Å². The minimum Gasteiger partial charge on any atom is -0.458 e. The molecular formula is C77H52N4O. The summed E-state index contributed by atoms with van der Waals surface area (Å²) < 4.78 is 13.8. The van der Waals surface area contributed by atoms with Gasteiger partial charge in [0.25, 0.3) is 6.33 Å². The number of imidazole rings is 1. The van der Waals surface area contributed by atoms with Gasteiger partial charge in [-0.15, -0.1) is 0 Å². The number of nitrogens with zero attached hydrogens (tertiary/aromatic N) is 4. The van der Waals surface area contributed by atoms with E-state index in [0.29, 0.717) is 0 Å². The van der Waals surface area contributed by atoms with Gasteiger partial charge in [-0.05, 0) is 155 Å². The minimum absolute atomic E-state index is 0.0344. The molecule has 1 spiro atoms. The summed E-state index contributed by atoms with van der Waals surface area (Å²) in [6, 6.07) is 93.5. The highest BCUT2D eigenvalue weighted by atomic mass is 16.5. The van der Waals surface area contributed by atoms with Gasteiger partial charge in [0, 0.05) is 23.0 Å². The average Bonchev–Trinajstić information content (AvgIpc) is 1.84. The molecule has 82 heavy (non-hydrogen) atoms. The highest BCUT2D eigenvalue weighted by Crippen LogP contribution is 2.63. The Balaban J connectivity index is 0.854. The molecule has 2 aliphatic carbocycles. The molecule has 0 radical (unpaired) electrons. The number of pyridine rings is 1. The van der Waals surface area contributed by atoms with Crippen molar-refractivity contribution in [2.75, 3.05) is 0 Å². The molecule has 17 rings (SSSR count). The Morgan fingerprint density at radius 2 is 0.951 bits per heavy atom. The maximum absolute atomic E-state index is 6.94. The van der Waals surface area contributed by atoms with Crippen LogP contribution in [-0.4, -0.2) is 14.1 Å². The van der Waals surface area contributed by atoms with Crippen LogP contribution >= 0.6 is 0 Å². The van der Waals surface area contributed by atoms with Crippen molar-refractivity contribution in [1.82, 2.24) is 14.1 Å².